The molecule has 0 aromatic heterocycles. The highest BCUT2D eigenvalue weighted by molar-refractivity contribution is 6.39. The Balaban J connectivity index is 1.36. The van der Waals surface area contributed by atoms with Crippen LogP contribution in [0.3, 0.4) is 0 Å². The second kappa shape index (κ2) is 14.5. The monoisotopic (exact) mass is 657 g/mol. The number of nitrogens with one attached hydrogen (secondary N) is 1. The number of non-ortho nitro benzene ring substituents is 1. The summed E-state index contributed by atoms with van der Waals surface area (Å²) >= 11 is 6.61. The van der Waals surface area contributed by atoms with E-state index in [2.05, 4.69) is 5.32 Å². The standard InChI is InChI=1S/C34H28ClN3O9/c1-3-45-30-17-23(14-26-32(39)36-34(41)37(33(26)40)24-10-7-11-25(18-24)38(42)43)15-27(35)31(30)47-20-22-12-13-28(29(16-22)44-2)46-19-21-8-5-4-6-9-21/h4-18H,3,19-20H2,1-2H3,(H,36,39,41)/b26-14-. The summed E-state index contributed by atoms with van der Waals surface area (Å²) in [7, 11) is 1.54. The first-order valence-corrected chi connectivity index (χ1v) is 14.6. The lowest BCUT2D eigenvalue weighted by Crippen LogP contribution is -2.54. The number of carbonyl (C=O) groups is 3. The van der Waals surface area contributed by atoms with Gasteiger partial charge >= 0.3 is 6.03 Å². The number of benzene rings is 4. The van der Waals surface area contributed by atoms with Crippen LogP contribution in [0.4, 0.5) is 16.2 Å². The van der Waals surface area contributed by atoms with Gasteiger partial charge in [-0.25, -0.2) is 9.69 Å². The van der Waals surface area contributed by atoms with Crippen molar-refractivity contribution in [3.63, 3.8) is 0 Å². The maximum absolute atomic E-state index is 13.3. The molecule has 0 radical (unpaired) electrons. The number of nitro groups is 1. The van der Waals surface area contributed by atoms with Crippen molar-refractivity contribution in [1.29, 1.82) is 0 Å². The number of carbonyl (C=O) groups excluding carboxylic acids is 3. The number of urea groups is 1. The van der Waals surface area contributed by atoms with Crippen molar-refractivity contribution in [3.05, 3.63) is 122 Å². The fraction of sp³-hybridized carbons (Fsp3) is 0.147. The predicted octanol–water partition coefficient (Wildman–Crippen LogP) is 6.48. The molecular weight excluding hydrogens is 630 g/mol. The summed E-state index contributed by atoms with van der Waals surface area (Å²) in [5.41, 5.74) is 1.27. The summed E-state index contributed by atoms with van der Waals surface area (Å²) in [5, 5.41) is 13.5. The number of nitrogens with zero attached hydrogens (tertiary/aromatic N) is 2. The van der Waals surface area contributed by atoms with Crippen molar-refractivity contribution < 1.29 is 38.3 Å². The molecule has 0 bridgehead atoms. The number of anilines is 1. The van der Waals surface area contributed by atoms with Crippen molar-refractivity contribution in [2.75, 3.05) is 18.6 Å². The van der Waals surface area contributed by atoms with E-state index < -0.39 is 28.3 Å². The van der Waals surface area contributed by atoms with Gasteiger partial charge < -0.3 is 18.9 Å². The van der Waals surface area contributed by atoms with E-state index in [-0.39, 0.29) is 41.1 Å². The maximum atomic E-state index is 13.3. The molecule has 0 spiro atoms. The third-order valence-electron chi connectivity index (χ3n) is 6.89. The third kappa shape index (κ3) is 7.51. The molecule has 1 heterocycles. The second-order valence-corrected chi connectivity index (χ2v) is 10.5. The normalized spacial score (nSPS) is 13.7. The Labute approximate surface area is 274 Å². The van der Waals surface area contributed by atoms with Gasteiger partial charge in [-0.3, -0.25) is 25.0 Å². The van der Waals surface area contributed by atoms with Gasteiger partial charge in [0.25, 0.3) is 17.5 Å². The number of amides is 4. The third-order valence-corrected chi connectivity index (χ3v) is 7.17. The molecule has 4 aromatic rings. The average Bonchev–Trinajstić information content (AvgIpc) is 3.06. The highest BCUT2D eigenvalue weighted by Gasteiger charge is 2.37. The summed E-state index contributed by atoms with van der Waals surface area (Å²) < 4.78 is 23.3. The number of nitro benzene ring substituents is 1. The molecule has 0 aliphatic carbocycles. The molecule has 1 N–H and O–H groups in total. The van der Waals surface area contributed by atoms with E-state index in [1.54, 1.807) is 26.2 Å². The second-order valence-electron chi connectivity index (χ2n) is 10.0. The summed E-state index contributed by atoms with van der Waals surface area (Å²) in [6, 6.07) is 22.1. The Hall–Kier alpha value is -5.88. The van der Waals surface area contributed by atoms with Crippen molar-refractivity contribution in [3.8, 4) is 23.0 Å². The minimum atomic E-state index is -1.04. The van der Waals surface area contributed by atoms with Crippen LogP contribution >= 0.6 is 11.6 Å². The molecule has 13 heteroatoms. The summed E-state index contributed by atoms with van der Waals surface area (Å²) in [5.74, 6) is -0.352. The van der Waals surface area contributed by atoms with E-state index in [1.165, 1.54) is 36.4 Å². The summed E-state index contributed by atoms with van der Waals surface area (Å²) in [6.45, 7) is 2.49. The number of rotatable bonds is 12. The molecule has 0 atom stereocenters. The van der Waals surface area contributed by atoms with Gasteiger partial charge in [0.2, 0.25) is 0 Å². The van der Waals surface area contributed by atoms with Crippen molar-refractivity contribution in [1.82, 2.24) is 5.32 Å². The first-order chi connectivity index (χ1) is 22.7. The van der Waals surface area contributed by atoms with Gasteiger partial charge in [-0.1, -0.05) is 54.1 Å². The molecule has 12 nitrogen and oxygen atoms in total. The van der Waals surface area contributed by atoms with E-state index in [0.29, 0.717) is 28.6 Å². The van der Waals surface area contributed by atoms with Gasteiger partial charge in [0.1, 0.15) is 18.8 Å². The molecule has 4 aromatic carbocycles. The minimum absolute atomic E-state index is 0.0793. The maximum Gasteiger partial charge on any atom is 0.335 e. The van der Waals surface area contributed by atoms with Gasteiger partial charge in [0.05, 0.1) is 29.4 Å². The van der Waals surface area contributed by atoms with Crippen LogP contribution in [0.1, 0.15) is 23.6 Å². The number of hydrogen-bond acceptors (Lipinski definition) is 9. The quantitative estimate of drug-likeness (QED) is 0.0782. The molecule has 1 saturated heterocycles. The first kappa shape index (κ1) is 32.5. The van der Waals surface area contributed by atoms with Gasteiger partial charge in [-0.05, 0) is 60.0 Å². The average molecular weight is 658 g/mol. The Morgan fingerprint density at radius 3 is 2.34 bits per heavy atom. The molecule has 47 heavy (non-hydrogen) atoms. The van der Waals surface area contributed by atoms with Gasteiger partial charge in [-0.15, -0.1) is 0 Å². The zero-order chi connectivity index (χ0) is 33.5. The molecule has 4 amide bonds. The van der Waals surface area contributed by atoms with E-state index in [0.717, 1.165) is 17.2 Å². The van der Waals surface area contributed by atoms with Crippen molar-refractivity contribution >= 4 is 46.9 Å². The molecule has 5 rings (SSSR count). The Bertz CT molecular complexity index is 1880. The number of methoxy groups -OCH3 is 1. The fourth-order valence-electron chi connectivity index (χ4n) is 4.69. The SMILES string of the molecule is CCOc1cc(/C=C2/C(=O)NC(=O)N(c3cccc([N+](=O)[O-])c3)C2=O)cc(Cl)c1OCc1ccc(OCc2ccccc2)c(OC)c1. The van der Waals surface area contributed by atoms with Gasteiger partial charge in [-0.2, -0.15) is 0 Å². The highest BCUT2D eigenvalue weighted by atomic mass is 35.5. The number of barbiturate groups is 1. The Morgan fingerprint density at radius 1 is 0.851 bits per heavy atom. The van der Waals surface area contributed by atoms with Crippen LogP contribution in [0.15, 0.2) is 90.5 Å². The molecule has 0 saturated carbocycles. The summed E-state index contributed by atoms with van der Waals surface area (Å²) in [6.07, 6.45) is 1.24. The zero-order valence-corrected chi connectivity index (χ0v) is 26.0. The predicted molar refractivity (Wildman–Crippen MR) is 173 cm³/mol. The van der Waals surface area contributed by atoms with Crippen LogP contribution in [-0.2, 0) is 22.8 Å². The van der Waals surface area contributed by atoms with Crippen molar-refractivity contribution in [2.45, 2.75) is 20.1 Å². The van der Waals surface area contributed by atoms with Crippen LogP contribution in [0.2, 0.25) is 5.02 Å². The lowest BCUT2D eigenvalue weighted by molar-refractivity contribution is -0.384. The highest BCUT2D eigenvalue weighted by Crippen LogP contribution is 2.39. The minimum Gasteiger partial charge on any atom is -0.493 e. The summed E-state index contributed by atoms with van der Waals surface area (Å²) in [4.78, 5) is 49.9. The molecular formula is C34H28ClN3O9. The fourth-order valence-corrected chi connectivity index (χ4v) is 4.96. The van der Waals surface area contributed by atoms with Crippen LogP contribution in [0, 0.1) is 10.1 Å². The largest absolute Gasteiger partial charge is 0.493 e. The lowest BCUT2D eigenvalue weighted by atomic mass is 10.1. The molecule has 1 fully saturated rings. The van der Waals surface area contributed by atoms with E-state index in [1.807, 2.05) is 36.4 Å². The number of ether oxygens (including phenoxy) is 4. The molecule has 240 valence electrons. The molecule has 1 aliphatic rings. The van der Waals surface area contributed by atoms with Crippen LogP contribution in [0.25, 0.3) is 6.08 Å². The van der Waals surface area contributed by atoms with Crippen LogP contribution in [-0.4, -0.2) is 36.5 Å². The zero-order valence-electron chi connectivity index (χ0n) is 25.2. The first-order valence-electron chi connectivity index (χ1n) is 14.3. The molecule has 1 aliphatic heterocycles. The Morgan fingerprint density at radius 2 is 1.62 bits per heavy atom. The number of hydrogen-bond donors (Lipinski definition) is 1. The van der Waals surface area contributed by atoms with Gasteiger partial charge in [0.15, 0.2) is 23.0 Å². The van der Waals surface area contributed by atoms with E-state index in [4.69, 9.17) is 30.5 Å². The van der Waals surface area contributed by atoms with E-state index in [9.17, 15) is 24.5 Å². The van der Waals surface area contributed by atoms with Crippen molar-refractivity contribution in [2.24, 2.45) is 0 Å². The number of halogens is 1. The van der Waals surface area contributed by atoms with Gasteiger partial charge in [0, 0.05) is 12.1 Å². The smallest absolute Gasteiger partial charge is 0.335 e. The number of imide groups is 2. The Kier molecular flexibility index (Phi) is 10.0. The lowest BCUT2D eigenvalue weighted by Gasteiger charge is -2.26. The molecule has 0 unspecified atom stereocenters. The van der Waals surface area contributed by atoms with Crippen LogP contribution in [0.5, 0.6) is 23.0 Å². The van der Waals surface area contributed by atoms with E-state index >= 15 is 0 Å². The van der Waals surface area contributed by atoms with Crippen LogP contribution < -0.4 is 29.2 Å². The topological polar surface area (TPSA) is 147 Å².